The number of rotatable bonds is 7. The molecule has 0 aliphatic heterocycles. The van der Waals surface area contributed by atoms with Crippen LogP contribution in [0.15, 0.2) is 24.3 Å². The van der Waals surface area contributed by atoms with E-state index in [-0.39, 0.29) is 0 Å². The van der Waals surface area contributed by atoms with Gasteiger partial charge in [-0.2, -0.15) is 0 Å². The fraction of sp³-hybridized carbons (Fsp3) is 0.647. The summed E-state index contributed by atoms with van der Waals surface area (Å²) in [6.45, 7) is 5.23. The van der Waals surface area contributed by atoms with Crippen LogP contribution in [0.3, 0.4) is 0 Å². The summed E-state index contributed by atoms with van der Waals surface area (Å²) in [5.41, 5.74) is 8.54. The zero-order chi connectivity index (χ0) is 14.2. The SMILES string of the molecule is CCOCc1ccccc1CNC1CCCCC1CN. The lowest BCUT2D eigenvalue weighted by Gasteiger charge is -2.31. The van der Waals surface area contributed by atoms with Crippen LogP contribution in [0.5, 0.6) is 0 Å². The van der Waals surface area contributed by atoms with Crippen molar-refractivity contribution in [2.24, 2.45) is 11.7 Å². The molecule has 1 aromatic carbocycles. The van der Waals surface area contributed by atoms with Gasteiger partial charge in [0.2, 0.25) is 0 Å². The van der Waals surface area contributed by atoms with Crippen LogP contribution in [-0.2, 0) is 17.9 Å². The molecule has 3 nitrogen and oxygen atoms in total. The Balaban J connectivity index is 1.92. The number of ether oxygens (including phenoxy) is 1. The second-order valence-corrected chi connectivity index (χ2v) is 5.67. The van der Waals surface area contributed by atoms with E-state index in [1.807, 2.05) is 6.92 Å². The van der Waals surface area contributed by atoms with E-state index in [2.05, 4.69) is 29.6 Å². The smallest absolute Gasteiger partial charge is 0.0719 e. The van der Waals surface area contributed by atoms with Crippen LogP contribution in [0, 0.1) is 5.92 Å². The fourth-order valence-electron chi connectivity index (χ4n) is 3.08. The van der Waals surface area contributed by atoms with Gasteiger partial charge in [-0.3, -0.25) is 0 Å². The zero-order valence-corrected chi connectivity index (χ0v) is 12.6. The molecule has 1 aromatic rings. The Morgan fingerprint density at radius 1 is 1.20 bits per heavy atom. The van der Waals surface area contributed by atoms with E-state index in [4.69, 9.17) is 10.5 Å². The summed E-state index contributed by atoms with van der Waals surface area (Å²) >= 11 is 0. The first-order valence-electron chi connectivity index (χ1n) is 7.93. The lowest BCUT2D eigenvalue weighted by molar-refractivity contribution is 0.133. The van der Waals surface area contributed by atoms with Crippen LogP contribution < -0.4 is 11.1 Å². The molecule has 2 unspecified atom stereocenters. The molecule has 0 saturated heterocycles. The summed E-state index contributed by atoms with van der Waals surface area (Å²) in [4.78, 5) is 0. The van der Waals surface area contributed by atoms with Crippen LogP contribution in [0.4, 0.5) is 0 Å². The van der Waals surface area contributed by atoms with Crippen LogP contribution >= 0.6 is 0 Å². The van der Waals surface area contributed by atoms with Gasteiger partial charge in [0.05, 0.1) is 6.61 Å². The quantitative estimate of drug-likeness (QED) is 0.805. The molecule has 2 atom stereocenters. The summed E-state index contributed by atoms with van der Waals surface area (Å²) in [5.74, 6) is 0.641. The highest BCUT2D eigenvalue weighted by Crippen LogP contribution is 2.24. The summed E-state index contributed by atoms with van der Waals surface area (Å²) in [6, 6.07) is 9.12. The molecule has 1 saturated carbocycles. The van der Waals surface area contributed by atoms with Crippen molar-refractivity contribution in [3.05, 3.63) is 35.4 Å². The molecule has 0 radical (unpaired) electrons. The van der Waals surface area contributed by atoms with Gasteiger partial charge in [0.1, 0.15) is 0 Å². The normalized spacial score (nSPS) is 22.9. The second-order valence-electron chi connectivity index (χ2n) is 5.67. The average Bonchev–Trinajstić information content (AvgIpc) is 2.52. The summed E-state index contributed by atoms with van der Waals surface area (Å²) in [6.07, 6.45) is 5.19. The maximum atomic E-state index is 5.90. The van der Waals surface area contributed by atoms with Gasteiger partial charge in [0.15, 0.2) is 0 Å². The van der Waals surface area contributed by atoms with Crippen molar-refractivity contribution in [3.8, 4) is 0 Å². The monoisotopic (exact) mass is 276 g/mol. The van der Waals surface area contributed by atoms with E-state index in [0.29, 0.717) is 18.6 Å². The summed E-state index contributed by atoms with van der Waals surface area (Å²) in [7, 11) is 0. The average molecular weight is 276 g/mol. The van der Waals surface area contributed by atoms with E-state index in [0.717, 1.165) is 19.7 Å². The molecule has 0 aromatic heterocycles. The van der Waals surface area contributed by atoms with Crippen molar-refractivity contribution in [3.63, 3.8) is 0 Å². The van der Waals surface area contributed by atoms with E-state index in [1.54, 1.807) is 0 Å². The van der Waals surface area contributed by atoms with Gasteiger partial charge < -0.3 is 15.8 Å². The highest BCUT2D eigenvalue weighted by atomic mass is 16.5. The minimum Gasteiger partial charge on any atom is -0.377 e. The molecule has 3 N–H and O–H groups in total. The molecule has 112 valence electrons. The molecule has 0 spiro atoms. The third kappa shape index (κ3) is 4.30. The predicted molar refractivity (Wildman–Crippen MR) is 83.4 cm³/mol. The van der Waals surface area contributed by atoms with Crippen molar-refractivity contribution in [2.45, 2.75) is 51.8 Å². The Kier molecular flexibility index (Phi) is 6.51. The van der Waals surface area contributed by atoms with Crippen molar-refractivity contribution in [1.29, 1.82) is 0 Å². The van der Waals surface area contributed by atoms with E-state index < -0.39 is 0 Å². The molecular formula is C17H28N2O. The van der Waals surface area contributed by atoms with Gasteiger partial charge in [0, 0.05) is 19.2 Å². The molecule has 3 heteroatoms. The van der Waals surface area contributed by atoms with Crippen LogP contribution in [-0.4, -0.2) is 19.2 Å². The lowest BCUT2D eigenvalue weighted by Crippen LogP contribution is -2.41. The molecular weight excluding hydrogens is 248 g/mol. The number of benzene rings is 1. The van der Waals surface area contributed by atoms with Gasteiger partial charge in [-0.1, -0.05) is 37.1 Å². The van der Waals surface area contributed by atoms with Gasteiger partial charge in [-0.25, -0.2) is 0 Å². The highest BCUT2D eigenvalue weighted by Gasteiger charge is 2.23. The van der Waals surface area contributed by atoms with Gasteiger partial charge in [-0.15, -0.1) is 0 Å². The van der Waals surface area contributed by atoms with E-state index in [9.17, 15) is 0 Å². The molecule has 1 aliphatic rings. The Labute approximate surface area is 122 Å². The standard InChI is InChI=1S/C17H28N2O/c1-2-20-13-16-9-4-3-8-15(16)12-19-17-10-6-5-7-14(17)11-18/h3-4,8-9,14,17,19H,2,5-7,10-13,18H2,1H3. The largest absolute Gasteiger partial charge is 0.377 e. The first-order chi connectivity index (χ1) is 9.85. The van der Waals surface area contributed by atoms with Gasteiger partial charge in [-0.05, 0) is 43.4 Å². The third-order valence-electron chi connectivity index (χ3n) is 4.35. The summed E-state index contributed by atoms with van der Waals surface area (Å²) in [5, 5.41) is 3.72. The maximum absolute atomic E-state index is 5.90. The molecule has 1 aliphatic carbocycles. The topological polar surface area (TPSA) is 47.3 Å². The van der Waals surface area contributed by atoms with Crippen LogP contribution in [0.2, 0.25) is 0 Å². The lowest BCUT2D eigenvalue weighted by atomic mass is 9.84. The summed E-state index contributed by atoms with van der Waals surface area (Å²) < 4.78 is 5.55. The number of nitrogens with one attached hydrogen (secondary N) is 1. The molecule has 0 bridgehead atoms. The maximum Gasteiger partial charge on any atom is 0.0719 e. The van der Waals surface area contributed by atoms with Crippen LogP contribution in [0.1, 0.15) is 43.7 Å². The predicted octanol–water partition coefficient (Wildman–Crippen LogP) is 2.83. The second kappa shape index (κ2) is 8.40. The Morgan fingerprint density at radius 2 is 1.95 bits per heavy atom. The molecule has 20 heavy (non-hydrogen) atoms. The first kappa shape index (κ1) is 15.5. The highest BCUT2D eigenvalue weighted by molar-refractivity contribution is 5.26. The molecule has 0 amide bonds. The minimum absolute atomic E-state index is 0.578. The van der Waals surface area contributed by atoms with E-state index in [1.165, 1.54) is 36.8 Å². The third-order valence-corrected chi connectivity index (χ3v) is 4.35. The Bertz CT molecular complexity index is 394. The Morgan fingerprint density at radius 3 is 2.70 bits per heavy atom. The number of nitrogens with two attached hydrogens (primary N) is 1. The molecule has 0 heterocycles. The molecule has 1 fully saturated rings. The first-order valence-corrected chi connectivity index (χ1v) is 7.93. The molecule has 2 rings (SSSR count). The van der Waals surface area contributed by atoms with E-state index >= 15 is 0 Å². The van der Waals surface area contributed by atoms with Crippen molar-refractivity contribution < 1.29 is 4.74 Å². The number of hydrogen-bond acceptors (Lipinski definition) is 3. The Hall–Kier alpha value is -0.900. The van der Waals surface area contributed by atoms with Gasteiger partial charge >= 0.3 is 0 Å². The van der Waals surface area contributed by atoms with Crippen molar-refractivity contribution in [1.82, 2.24) is 5.32 Å². The fourth-order valence-corrected chi connectivity index (χ4v) is 3.08. The van der Waals surface area contributed by atoms with Gasteiger partial charge in [0.25, 0.3) is 0 Å². The minimum atomic E-state index is 0.578. The van der Waals surface area contributed by atoms with Crippen molar-refractivity contribution in [2.75, 3.05) is 13.2 Å². The zero-order valence-electron chi connectivity index (χ0n) is 12.6. The van der Waals surface area contributed by atoms with Crippen molar-refractivity contribution >= 4 is 0 Å². The number of hydrogen-bond donors (Lipinski definition) is 2. The van der Waals surface area contributed by atoms with Crippen LogP contribution in [0.25, 0.3) is 0 Å².